The Morgan fingerprint density at radius 1 is 0.763 bits per heavy atom. The van der Waals surface area contributed by atoms with Crippen LogP contribution < -0.4 is 0 Å². The van der Waals surface area contributed by atoms with E-state index in [-0.39, 0.29) is 17.9 Å². The summed E-state index contributed by atoms with van der Waals surface area (Å²) in [6.07, 6.45) is 6.26. The van der Waals surface area contributed by atoms with Crippen LogP contribution in [0.25, 0.3) is 0 Å². The molecule has 1 saturated carbocycles. The molecule has 2 amide bonds. The molecule has 2 aromatic rings. The van der Waals surface area contributed by atoms with E-state index in [4.69, 9.17) is 0 Å². The fourth-order valence-electron chi connectivity index (χ4n) is 6.41. The van der Waals surface area contributed by atoms with Gasteiger partial charge in [-0.25, -0.2) is 0 Å². The van der Waals surface area contributed by atoms with Crippen molar-refractivity contribution in [3.63, 3.8) is 0 Å². The smallest absolute Gasteiger partial charge is 0.223 e. The SMILES string of the molecule is CCCN1CCC(N(C(=O)CCC(=O)N2CCN(C(c3ccccc3)c3ccccc3)CC2)C2CC2)CC1. The number of hydrogen-bond acceptors (Lipinski definition) is 4. The quantitative estimate of drug-likeness (QED) is 0.464. The summed E-state index contributed by atoms with van der Waals surface area (Å²) in [5.74, 6) is 0.323. The molecule has 38 heavy (non-hydrogen) atoms. The maximum Gasteiger partial charge on any atom is 0.223 e. The van der Waals surface area contributed by atoms with Crippen LogP contribution in [0.4, 0.5) is 0 Å². The first-order valence-corrected chi connectivity index (χ1v) is 14.8. The minimum Gasteiger partial charge on any atom is -0.340 e. The number of piperazine rings is 1. The fourth-order valence-corrected chi connectivity index (χ4v) is 6.41. The van der Waals surface area contributed by atoms with Gasteiger partial charge in [-0.3, -0.25) is 14.5 Å². The summed E-state index contributed by atoms with van der Waals surface area (Å²) in [4.78, 5) is 35.6. The largest absolute Gasteiger partial charge is 0.340 e. The van der Waals surface area contributed by atoms with Gasteiger partial charge in [0, 0.05) is 64.2 Å². The highest BCUT2D eigenvalue weighted by atomic mass is 16.2. The maximum atomic E-state index is 13.3. The highest BCUT2D eigenvalue weighted by Crippen LogP contribution is 2.33. The van der Waals surface area contributed by atoms with Crippen molar-refractivity contribution in [3.8, 4) is 0 Å². The van der Waals surface area contributed by atoms with Crippen molar-refractivity contribution in [1.29, 1.82) is 0 Å². The summed E-state index contributed by atoms with van der Waals surface area (Å²) in [7, 11) is 0. The number of rotatable bonds is 10. The Morgan fingerprint density at radius 2 is 1.32 bits per heavy atom. The van der Waals surface area contributed by atoms with Gasteiger partial charge in [0.05, 0.1) is 6.04 Å². The number of likely N-dealkylation sites (tertiary alicyclic amines) is 1. The first kappa shape index (κ1) is 26.9. The highest BCUT2D eigenvalue weighted by molar-refractivity contribution is 5.84. The molecule has 6 heteroatoms. The molecular formula is C32H44N4O2. The zero-order valence-corrected chi connectivity index (χ0v) is 23.0. The molecule has 0 bridgehead atoms. The van der Waals surface area contributed by atoms with Crippen LogP contribution in [0, 0.1) is 0 Å². The number of carbonyl (C=O) groups excluding carboxylic acids is 2. The predicted molar refractivity (Wildman–Crippen MR) is 152 cm³/mol. The van der Waals surface area contributed by atoms with Crippen molar-refractivity contribution >= 4 is 11.8 Å². The van der Waals surface area contributed by atoms with Gasteiger partial charge in [0.1, 0.15) is 0 Å². The molecule has 2 aromatic carbocycles. The minimum atomic E-state index is 0.127. The maximum absolute atomic E-state index is 13.3. The van der Waals surface area contributed by atoms with Crippen molar-refractivity contribution in [2.45, 2.75) is 70.0 Å². The molecule has 2 heterocycles. The Labute approximate surface area is 228 Å². The average Bonchev–Trinajstić information content (AvgIpc) is 3.80. The number of piperidine rings is 1. The molecule has 0 spiro atoms. The molecule has 0 radical (unpaired) electrons. The van der Waals surface area contributed by atoms with Crippen LogP contribution in [-0.4, -0.2) is 89.3 Å². The second-order valence-electron chi connectivity index (χ2n) is 11.2. The molecule has 6 nitrogen and oxygen atoms in total. The lowest BCUT2D eigenvalue weighted by molar-refractivity contribution is -0.140. The Morgan fingerprint density at radius 3 is 1.84 bits per heavy atom. The van der Waals surface area contributed by atoms with E-state index in [0.29, 0.717) is 38.0 Å². The van der Waals surface area contributed by atoms with Crippen molar-refractivity contribution in [2.75, 3.05) is 45.8 Å². The number of nitrogens with zero attached hydrogens (tertiary/aromatic N) is 4. The van der Waals surface area contributed by atoms with Gasteiger partial charge in [0.25, 0.3) is 0 Å². The van der Waals surface area contributed by atoms with E-state index in [9.17, 15) is 9.59 Å². The Hall–Kier alpha value is -2.70. The van der Waals surface area contributed by atoms with Gasteiger partial charge in [0.15, 0.2) is 0 Å². The molecule has 204 valence electrons. The second kappa shape index (κ2) is 12.9. The summed E-state index contributed by atoms with van der Waals surface area (Å²) in [6.45, 7) is 8.65. The Balaban J connectivity index is 1.13. The van der Waals surface area contributed by atoms with Crippen molar-refractivity contribution in [3.05, 3.63) is 71.8 Å². The monoisotopic (exact) mass is 516 g/mol. The molecule has 2 saturated heterocycles. The number of carbonyl (C=O) groups is 2. The van der Waals surface area contributed by atoms with Gasteiger partial charge in [-0.1, -0.05) is 67.6 Å². The lowest BCUT2D eigenvalue weighted by Gasteiger charge is -2.40. The minimum absolute atomic E-state index is 0.127. The van der Waals surface area contributed by atoms with Gasteiger partial charge in [0.2, 0.25) is 11.8 Å². The van der Waals surface area contributed by atoms with Crippen molar-refractivity contribution < 1.29 is 9.59 Å². The average molecular weight is 517 g/mol. The Bertz CT molecular complexity index is 986. The van der Waals surface area contributed by atoms with Crippen molar-refractivity contribution in [1.82, 2.24) is 19.6 Å². The topological polar surface area (TPSA) is 47.1 Å². The first-order chi connectivity index (χ1) is 18.6. The van der Waals surface area contributed by atoms with E-state index in [1.165, 1.54) is 17.5 Å². The summed E-state index contributed by atoms with van der Waals surface area (Å²) in [5, 5.41) is 0. The van der Waals surface area contributed by atoms with E-state index in [0.717, 1.165) is 58.4 Å². The van der Waals surface area contributed by atoms with Crippen LogP contribution in [0.15, 0.2) is 60.7 Å². The Kier molecular flexibility index (Phi) is 9.13. The van der Waals surface area contributed by atoms with Crippen molar-refractivity contribution in [2.24, 2.45) is 0 Å². The van der Waals surface area contributed by atoms with E-state index in [1.54, 1.807) is 0 Å². The molecule has 5 rings (SSSR count). The van der Waals surface area contributed by atoms with Gasteiger partial charge in [-0.05, 0) is 49.8 Å². The molecule has 0 unspecified atom stereocenters. The molecule has 0 N–H and O–H groups in total. The first-order valence-electron chi connectivity index (χ1n) is 14.8. The normalized spacial score (nSPS) is 19.6. The van der Waals surface area contributed by atoms with Gasteiger partial charge in [-0.2, -0.15) is 0 Å². The van der Waals surface area contributed by atoms with Gasteiger partial charge in [-0.15, -0.1) is 0 Å². The number of hydrogen-bond donors (Lipinski definition) is 0. The van der Waals surface area contributed by atoms with E-state index >= 15 is 0 Å². The van der Waals surface area contributed by atoms with Crippen LogP contribution in [0.1, 0.15) is 69.0 Å². The van der Waals surface area contributed by atoms with Crippen LogP contribution in [0.3, 0.4) is 0 Å². The summed E-state index contributed by atoms with van der Waals surface area (Å²) in [6, 6.07) is 22.2. The van der Waals surface area contributed by atoms with Crippen LogP contribution in [0.2, 0.25) is 0 Å². The van der Waals surface area contributed by atoms with Crippen LogP contribution >= 0.6 is 0 Å². The van der Waals surface area contributed by atoms with E-state index < -0.39 is 0 Å². The summed E-state index contributed by atoms with van der Waals surface area (Å²) in [5.41, 5.74) is 2.56. The molecule has 3 fully saturated rings. The van der Waals surface area contributed by atoms with E-state index in [2.05, 4.69) is 82.3 Å². The van der Waals surface area contributed by atoms with E-state index in [1.807, 2.05) is 4.90 Å². The number of amides is 2. The zero-order chi connectivity index (χ0) is 26.3. The third-order valence-electron chi connectivity index (χ3n) is 8.53. The van der Waals surface area contributed by atoms with Gasteiger partial charge < -0.3 is 14.7 Å². The molecule has 0 atom stereocenters. The zero-order valence-electron chi connectivity index (χ0n) is 23.0. The molecular weight excluding hydrogens is 472 g/mol. The third kappa shape index (κ3) is 6.65. The second-order valence-corrected chi connectivity index (χ2v) is 11.2. The third-order valence-corrected chi connectivity index (χ3v) is 8.53. The predicted octanol–water partition coefficient (Wildman–Crippen LogP) is 4.57. The molecule has 2 aliphatic heterocycles. The lowest BCUT2D eigenvalue weighted by Crippen LogP contribution is -2.50. The molecule has 0 aromatic heterocycles. The summed E-state index contributed by atoms with van der Waals surface area (Å²) >= 11 is 0. The highest BCUT2D eigenvalue weighted by Gasteiger charge is 2.38. The van der Waals surface area contributed by atoms with Crippen LogP contribution in [-0.2, 0) is 9.59 Å². The van der Waals surface area contributed by atoms with Gasteiger partial charge >= 0.3 is 0 Å². The lowest BCUT2D eigenvalue weighted by atomic mass is 9.96. The standard InChI is InChI=1S/C32H44N4O2/c1-2-19-33-20-17-29(18-21-33)36(28-13-14-28)31(38)16-15-30(37)34-22-24-35(25-23-34)32(26-9-5-3-6-10-26)27-11-7-4-8-12-27/h3-12,28-29,32H,2,13-25H2,1H3. The fraction of sp³-hybridized carbons (Fsp3) is 0.562. The molecule has 1 aliphatic carbocycles. The molecule has 3 aliphatic rings. The summed E-state index contributed by atoms with van der Waals surface area (Å²) < 4.78 is 0. The number of benzene rings is 2. The van der Waals surface area contributed by atoms with Crippen LogP contribution in [0.5, 0.6) is 0 Å².